The molecule has 1 aliphatic rings. The average molecular weight is 491 g/mol. The number of thioether (sulfide) groups is 1. The molecule has 0 saturated carbocycles. The lowest BCUT2D eigenvalue weighted by Gasteiger charge is -2.28. The van der Waals surface area contributed by atoms with Crippen LogP contribution in [0.15, 0.2) is 83.2 Å². The Balaban J connectivity index is 1.47. The van der Waals surface area contributed by atoms with E-state index >= 15 is 0 Å². The first-order valence-electron chi connectivity index (χ1n) is 11.0. The largest absolute Gasteiger partial charge is 0.463 e. The lowest BCUT2D eigenvalue weighted by Crippen LogP contribution is -2.29. The van der Waals surface area contributed by atoms with Crippen molar-refractivity contribution >= 4 is 46.1 Å². The second-order valence-corrected chi connectivity index (χ2v) is 9.35. The van der Waals surface area contributed by atoms with Gasteiger partial charge in [0.1, 0.15) is 6.04 Å². The minimum absolute atomic E-state index is 0.287. The second kappa shape index (κ2) is 9.52. The van der Waals surface area contributed by atoms with Gasteiger partial charge in [-0.3, -0.25) is 0 Å². The third-order valence-electron chi connectivity index (χ3n) is 5.67. The van der Waals surface area contributed by atoms with Gasteiger partial charge in [0, 0.05) is 16.5 Å². The highest BCUT2D eigenvalue weighted by Crippen LogP contribution is 2.37. The summed E-state index contributed by atoms with van der Waals surface area (Å²) in [4.78, 5) is 17.6. The Kier molecular flexibility index (Phi) is 6.30. The van der Waals surface area contributed by atoms with Gasteiger partial charge in [-0.1, -0.05) is 78.0 Å². The maximum atomic E-state index is 12.9. The first-order chi connectivity index (χ1) is 16.5. The third kappa shape index (κ3) is 4.41. The molecule has 34 heavy (non-hydrogen) atoms. The molecule has 1 atom stereocenters. The van der Waals surface area contributed by atoms with Gasteiger partial charge >= 0.3 is 5.97 Å². The summed E-state index contributed by atoms with van der Waals surface area (Å²) in [5.41, 5.74) is 3.22. The lowest BCUT2D eigenvalue weighted by atomic mass is 9.96. The number of esters is 1. The van der Waals surface area contributed by atoms with Crippen molar-refractivity contribution in [2.75, 3.05) is 11.9 Å². The molecule has 0 fully saturated rings. The summed E-state index contributed by atoms with van der Waals surface area (Å²) in [5, 5.41) is 11.6. The van der Waals surface area contributed by atoms with Gasteiger partial charge in [-0.05, 0) is 47.9 Å². The Morgan fingerprint density at radius 3 is 2.74 bits per heavy atom. The molecule has 1 N–H and O–H groups in total. The monoisotopic (exact) mass is 490 g/mol. The number of anilines is 1. The molecule has 5 rings (SSSR count). The van der Waals surface area contributed by atoms with Crippen molar-refractivity contribution in [2.45, 2.75) is 30.8 Å². The van der Waals surface area contributed by atoms with E-state index < -0.39 is 6.04 Å². The van der Waals surface area contributed by atoms with Gasteiger partial charge in [0.2, 0.25) is 11.1 Å². The molecule has 1 aromatic heterocycles. The number of allylic oxidation sites excluding steroid dienone is 1. The number of fused-ring (bicyclic) bond motifs is 2. The highest BCUT2D eigenvalue weighted by molar-refractivity contribution is 7.98. The van der Waals surface area contributed by atoms with E-state index in [1.807, 2.05) is 37.3 Å². The molecule has 1 unspecified atom stereocenters. The fourth-order valence-electron chi connectivity index (χ4n) is 4.13. The minimum atomic E-state index is -0.489. The van der Waals surface area contributed by atoms with E-state index in [-0.39, 0.29) is 12.6 Å². The van der Waals surface area contributed by atoms with Crippen LogP contribution < -0.4 is 5.32 Å². The molecular formula is C26H23ClN4O2S. The van der Waals surface area contributed by atoms with E-state index in [0.717, 1.165) is 11.3 Å². The van der Waals surface area contributed by atoms with Crippen LogP contribution in [-0.2, 0) is 15.3 Å². The fourth-order valence-corrected chi connectivity index (χ4v) is 5.10. The summed E-state index contributed by atoms with van der Waals surface area (Å²) < 4.78 is 7.10. The molecule has 4 aromatic rings. The van der Waals surface area contributed by atoms with Gasteiger partial charge in [0.05, 0.1) is 12.2 Å². The fraction of sp³-hybridized carbons (Fsp3) is 0.192. The zero-order valence-electron chi connectivity index (χ0n) is 18.8. The normalized spacial score (nSPS) is 15.2. The standard InChI is InChI=1S/C26H23ClN4O2S/c1-3-33-24(32)22-16(2)28-25-29-26(30-31(25)23(22)20-9-6-10-21(27)14-20)34-15-17-11-12-18-7-4-5-8-19(18)13-17/h4-14,23H,3,15H2,1-2H3,(H,28,29,30). The summed E-state index contributed by atoms with van der Waals surface area (Å²) in [7, 11) is 0. The van der Waals surface area contributed by atoms with Crippen LogP contribution in [0.25, 0.3) is 10.8 Å². The molecule has 172 valence electrons. The summed E-state index contributed by atoms with van der Waals surface area (Å²) in [6.45, 7) is 3.93. The zero-order chi connectivity index (χ0) is 23.7. The molecule has 0 radical (unpaired) electrons. The van der Waals surface area contributed by atoms with Crippen LogP contribution in [0, 0.1) is 0 Å². The quantitative estimate of drug-likeness (QED) is 0.255. The van der Waals surface area contributed by atoms with Crippen molar-refractivity contribution in [1.82, 2.24) is 14.8 Å². The first-order valence-corrected chi connectivity index (χ1v) is 12.4. The number of carbonyl (C=O) groups excluding carboxylic acids is 1. The van der Waals surface area contributed by atoms with E-state index in [9.17, 15) is 4.79 Å². The van der Waals surface area contributed by atoms with Gasteiger partial charge in [-0.15, -0.1) is 5.10 Å². The Labute approximate surface area is 207 Å². The predicted octanol–water partition coefficient (Wildman–Crippen LogP) is 6.23. The summed E-state index contributed by atoms with van der Waals surface area (Å²) >= 11 is 7.84. The van der Waals surface area contributed by atoms with E-state index in [2.05, 4.69) is 35.6 Å². The van der Waals surface area contributed by atoms with Gasteiger partial charge in [0.25, 0.3) is 0 Å². The number of benzene rings is 3. The molecule has 0 aliphatic carbocycles. The van der Waals surface area contributed by atoms with Crippen molar-refractivity contribution in [3.05, 3.63) is 94.1 Å². The molecule has 0 amide bonds. The molecule has 1 aliphatic heterocycles. The highest BCUT2D eigenvalue weighted by atomic mass is 35.5. The summed E-state index contributed by atoms with van der Waals surface area (Å²) in [5.74, 6) is 0.924. The van der Waals surface area contributed by atoms with Crippen LogP contribution in [0.4, 0.5) is 5.95 Å². The Bertz CT molecular complexity index is 1410. The van der Waals surface area contributed by atoms with Gasteiger partial charge in [-0.2, -0.15) is 4.98 Å². The molecule has 0 spiro atoms. The van der Waals surface area contributed by atoms with Crippen LogP contribution in [0.5, 0.6) is 0 Å². The molecule has 3 aromatic carbocycles. The molecular weight excluding hydrogens is 468 g/mol. The maximum Gasteiger partial charge on any atom is 0.338 e. The van der Waals surface area contributed by atoms with Crippen LogP contribution >= 0.6 is 23.4 Å². The van der Waals surface area contributed by atoms with Crippen molar-refractivity contribution in [2.24, 2.45) is 0 Å². The van der Waals surface area contributed by atoms with Crippen LogP contribution in [-0.4, -0.2) is 27.3 Å². The maximum absolute atomic E-state index is 12.9. The highest BCUT2D eigenvalue weighted by Gasteiger charge is 2.35. The topological polar surface area (TPSA) is 69.0 Å². The Morgan fingerprint density at radius 2 is 1.94 bits per heavy atom. The van der Waals surface area contributed by atoms with Crippen LogP contribution in [0.1, 0.15) is 31.0 Å². The number of halogens is 1. The average Bonchev–Trinajstić information content (AvgIpc) is 3.24. The number of hydrogen-bond donors (Lipinski definition) is 1. The number of carbonyl (C=O) groups is 1. The predicted molar refractivity (Wildman–Crippen MR) is 136 cm³/mol. The lowest BCUT2D eigenvalue weighted by molar-refractivity contribution is -0.139. The number of ether oxygens (including phenoxy) is 1. The molecule has 0 bridgehead atoms. The van der Waals surface area contributed by atoms with Gasteiger partial charge in [0.15, 0.2) is 0 Å². The number of hydrogen-bond acceptors (Lipinski definition) is 6. The molecule has 0 saturated heterocycles. The molecule has 8 heteroatoms. The number of nitrogens with zero attached hydrogens (tertiary/aromatic N) is 3. The van der Waals surface area contributed by atoms with Crippen LogP contribution in [0.3, 0.4) is 0 Å². The number of aromatic nitrogens is 3. The molecule has 2 heterocycles. The SMILES string of the molecule is CCOC(=O)C1=C(C)Nc2nc(SCc3ccc4ccccc4c3)nn2C1c1cccc(Cl)c1. The Morgan fingerprint density at radius 1 is 1.12 bits per heavy atom. The Hall–Kier alpha value is -3.29. The zero-order valence-corrected chi connectivity index (χ0v) is 20.4. The van der Waals surface area contributed by atoms with Crippen LogP contribution in [0.2, 0.25) is 5.02 Å². The van der Waals surface area contributed by atoms with E-state index in [1.54, 1.807) is 29.4 Å². The van der Waals surface area contributed by atoms with Gasteiger partial charge in [-0.25, -0.2) is 9.48 Å². The smallest absolute Gasteiger partial charge is 0.338 e. The van der Waals surface area contributed by atoms with Crippen molar-refractivity contribution in [3.8, 4) is 0 Å². The van der Waals surface area contributed by atoms with Gasteiger partial charge < -0.3 is 10.1 Å². The molecule has 6 nitrogen and oxygen atoms in total. The second-order valence-electron chi connectivity index (χ2n) is 7.97. The van der Waals surface area contributed by atoms with Crippen molar-refractivity contribution in [3.63, 3.8) is 0 Å². The van der Waals surface area contributed by atoms with Crippen molar-refractivity contribution in [1.29, 1.82) is 0 Å². The number of nitrogens with one attached hydrogen (secondary N) is 1. The number of rotatable bonds is 6. The van der Waals surface area contributed by atoms with E-state index in [1.165, 1.54) is 16.3 Å². The minimum Gasteiger partial charge on any atom is -0.463 e. The van der Waals surface area contributed by atoms with Crippen molar-refractivity contribution < 1.29 is 9.53 Å². The summed E-state index contributed by atoms with van der Waals surface area (Å²) in [6, 6.07) is 21.7. The van der Waals surface area contributed by atoms with E-state index in [0.29, 0.717) is 27.4 Å². The summed E-state index contributed by atoms with van der Waals surface area (Å²) in [6.07, 6.45) is 0. The van der Waals surface area contributed by atoms with E-state index in [4.69, 9.17) is 26.4 Å². The first kappa shape index (κ1) is 22.5. The third-order valence-corrected chi connectivity index (χ3v) is 6.82.